The van der Waals surface area contributed by atoms with Gasteiger partial charge in [0.2, 0.25) is 5.91 Å². The Labute approximate surface area is 125 Å². The minimum atomic E-state index is -0.0848. The summed E-state index contributed by atoms with van der Waals surface area (Å²) in [6.45, 7) is 4.35. The number of methoxy groups -OCH3 is 1. The Bertz CT molecular complexity index is 621. The third kappa shape index (κ3) is 4.24. The number of ether oxygens (including phenoxy) is 1. The maximum Gasteiger partial charge on any atom is 0.243 e. The van der Waals surface area contributed by atoms with Crippen LogP contribution in [0.15, 0.2) is 42.5 Å². The Balaban J connectivity index is 1.87. The summed E-state index contributed by atoms with van der Waals surface area (Å²) in [6.07, 6.45) is 0. The van der Waals surface area contributed by atoms with Crippen LogP contribution in [-0.2, 0) is 4.79 Å². The van der Waals surface area contributed by atoms with Gasteiger partial charge in [-0.25, -0.2) is 0 Å². The topological polar surface area (TPSA) is 50.4 Å². The monoisotopic (exact) mass is 284 g/mol. The van der Waals surface area contributed by atoms with Crippen molar-refractivity contribution in [3.8, 4) is 5.75 Å². The first-order valence-corrected chi connectivity index (χ1v) is 6.83. The summed E-state index contributed by atoms with van der Waals surface area (Å²) in [5, 5.41) is 5.95. The van der Waals surface area contributed by atoms with Crippen LogP contribution in [0.3, 0.4) is 0 Å². The highest BCUT2D eigenvalue weighted by molar-refractivity contribution is 5.93. The van der Waals surface area contributed by atoms with E-state index in [0.29, 0.717) is 0 Å². The van der Waals surface area contributed by atoms with Crippen molar-refractivity contribution in [3.63, 3.8) is 0 Å². The van der Waals surface area contributed by atoms with E-state index in [4.69, 9.17) is 4.74 Å². The first-order valence-electron chi connectivity index (χ1n) is 6.83. The molecule has 0 saturated heterocycles. The molecule has 4 heteroatoms. The van der Waals surface area contributed by atoms with Crippen molar-refractivity contribution in [2.75, 3.05) is 24.3 Å². The highest BCUT2D eigenvalue weighted by Gasteiger charge is 2.03. The zero-order chi connectivity index (χ0) is 15.2. The second-order valence-electron chi connectivity index (χ2n) is 4.93. The van der Waals surface area contributed by atoms with Crippen molar-refractivity contribution in [2.45, 2.75) is 13.8 Å². The molecule has 0 aliphatic heterocycles. The fourth-order valence-electron chi connectivity index (χ4n) is 1.91. The van der Waals surface area contributed by atoms with Gasteiger partial charge in [0.1, 0.15) is 5.75 Å². The molecule has 0 aliphatic rings. The smallest absolute Gasteiger partial charge is 0.243 e. The number of hydrogen-bond donors (Lipinski definition) is 2. The first-order chi connectivity index (χ1) is 10.1. The van der Waals surface area contributed by atoms with E-state index in [1.165, 1.54) is 11.1 Å². The standard InChI is InChI=1S/C17H20N2O2/c1-12-4-5-15(10-13(12)2)18-11-17(20)19-14-6-8-16(21-3)9-7-14/h4-10,18H,11H2,1-3H3,(H,19,20). The molecular weight excluding hydrogens is 264 g/mol. The van der Waals surface area contributed by atoms with E-state index in [9.17, 15) is 4.79 Å². The van der Waals surface area contributed by atoms with Crippen LogP contribution in [0.25, 0.3) is 0 Å². The summed E-state index contributed by atoms with van der Waals surface area (Å²) in [7, 11) is 1.61. The molecule has 2 aromatic rings. The maximum atomic E-state index is 11.9. The average molecular weight is 284 g/mol. The van der Waals surface area contributed by atoms with Crippen LogP contribution in [0.4, 0.5) is 11.4 Å². The SMILES string of the molecule is COc1ccc(NC(=O)CNc2ccc(C)c(C)c2)cc1. The number of benzene rings is 2. The van der Waals surface area contributed by atoms with E-state index in [1.54, 1.807) is 7.11 Å². The zero-order valence-electron chi connectivity index (χ0n) is 12.6. The molecule has 2 N–H and O–H groups in total. The molecule has 0 fully saturated rings. The second-order valence-corrected chi connectivity index (χ2v) is 4.93. The molecule has 0 aliphatic carbocycles. The normalized spacial score (nSPS) is 10.0. The van der Waals surface area contributed by atoms with Crippen LogP contribution < -0.4 is 15.4 Å². The lowest BCUT2D eigenvalue weighted by molar-refractivity contribution is -0.114. The van der Waals surface area contributed by atoms with Gasteiger partial charge in [-0.1, -0.05) is 6.07 Å². The quantitative estimate of drug-likeness (QED) is 0.885. The molecule has 0 unspecified atom stereocenters. The molecule has 0 heterocycles. The molecule has 0 radical (unpaired) electrons. The molecule has 4 nitrogen and oxygen atoms in total. The van der Waals surface area contributed by atoms with Crippen molar-refractivity contribution in [1.29, 1.82) is 0 Å². The molecular formula is C17H20N2O2. The number of rotatable bonds is 5. The maximum absolute atomic E-state index is 11.9. The Morgan fingerprint density at radius 3 is 2.29 bits per heavy atom. The van der Waals surface area contributed by atoms with Gasteiger partial charge in [-0.05, 0) is 61.4 Å². The Morgan fingerprint density at radius 2 is 1.67 bits per heavy atom. The summed E-state index contributed by atoms with van der Waals surface area (Å²) in [6, 6.07) is 13.3. The molecule has 2 aromatic carbocycles. The van der Waals surface area contributed by atoms with E-state index >= 15 is 0 Å². The van der Waals surface area contributed by atoms with Crippen LogP contribution >= 0.6 is 0 Å². The highest BCUT2D eigenvalue weighted by Crippen LogP contribution is 2.16. The van der Waals surface area contributed by atoms with Gasteiger partial charge in [-0.2, -0.15) is 0 Å². The number of amides is 1. The lowest BCUT2D eigenvalue weighted by Gasteiger charge is -2.10. The Hall–Kier alpha value is -2.49. The number of aryl methyl sites for hydroxylation is 2. The molecule has 0 spiro atoms. The Morgan fingerprint density at radius 1 is 1.00 bits per heavy atom. The number of hydrogen-bond acceptors (Lipinski definition) is 3. The van der Waals surface area contributed by atoms with E-state index in [0.717, 1.165) is 17.1 Å². The fourth-order valence-corrected chi connectivity index (χ4v) is 1.91. The summed E-state index contributed by atoms with van der Waals surface area (Å²) in [4.78, 5) is 11.9. The van der Waals surface area contributed by atoms with Gasteiger partial charge in [0, 0.05) is 11.4 Å². The van der Waals surface area contributed by atoms with E-state index in [1.807, 2.05) is 42.5 Å². The van der Waals surface area contributed by atoms with E-state index < -0.39 is 0 Å². The summed E-state index contributed by atoms with van der Waals surface area (Å²) in [5.41, 5.74) is 4.14. The molecule has 0 aromatic heterocycles. The molecule has 0 saturated carbocycles. The molecule has 21 heavy (non-hydrogen) atoms. The van der Waals surface area contributed by atoms with Crippen LogP contribution in [0, 0.1) is 13.8 Å². The summed E-state index contributed by atoms with van der Waals surface area (Å²) in [5.74, 6) is 0.680. The molecule has 0 atom stereocenters. The predicted octanol–water partition coefficient (Wildman–Crippen LogP) is 3.36. The van der Waals surface area contributed by atoms with Gasteiger partial charge in [0.25, 0.3) is 0 Å². The number of anilines is 2. The van der Waals surface area contributed by atoms with E-state index in [2.05, 4.69) is 24.5 Å². The lowest BCUT2D eigenvalue weighted by atomic mass is 10.1. The molecule has 0 bridgehead atoms. The van der Waals surface area contributed by atoms with Gasteiger partial charge in [-0.15, -0.1) is 0 Å². The molecule has 1 amide bonds. The van der Waals surface area contributed by atoms with Crippen LogP contribution in [-0.4, -0.2) is 19.6 Å². The highest BCUT2D eigenvalue weighted by atomic mass is 16.5. The van der Waals surface area contributed by atoms with Crippen LogP contribution in [0.5, 0.6) is 5.75 Å². The minimum Gasteiger partial charge on any atom is -0.497 e. The van der Waals surface area contributed by atoms with Crippen molar-refractivity contribution < 1.29 is 9.53 Å². The second kappa shape index (κ2) is 6.79. The number of carbonyl (C=O) groups is 1. The number of nitrogens with one attached hydrogen (secondary N) is 2. The third-order valence-corrected chi connectivity index (χ3v) is 3.33. The summed E-state index contributed by atoms with van der Waals surface area (Å²) >= 11 is 0. The Kier molecular flexibility index (Phi) is 4.82. The third-order valence-electron chi connectivity index (χ3n) is 3.33. The zero-order valence-corrected chi connectivity index (χ0v) is 12.6. The molecule has 110 valence electrons. The lowest BCUT2D eigenvalue weighted by Crippen LogP contribution is -2.21. The van der Waals surface area contributed by atoms with Crippen LogP contribution in [0.1, 0.15) is 11.1 Å². The molecule has 2 rings (SSSR count). The predicted molar refractivity (Wildman–Crippen MR) is 86.0 cm³/mol. The van der Waals surface area contributed by atoms with Gasteiger partial charge < -0.3 is 15.4 Å². The van der Waals surface area contributed by atoms with Gasteiger partial charge in [0.15, 0.2) is 0 Å². The first kappa shape index (κ1) is 14.9. The van der Waals surface area contributed by atoms with Crippen LogP contribution in [0.2, 0.25) is 0 Å². The van der Waals surface area contributed by atoms with Gasteiger partial charge in [-0.3, -0.25) is 4.79 Å². The fraction of sp³-hybridized carbons (Fsp3) is 0.235. The van der Waals surface area contributed by atoms with Crippen molar-refractivity contribution in [3.05, 3.63) is 53.6 Å². The van der Waals surface area contributed by atoms with Crippen molar-refractivity contribution >= 4 is 17.3 Å². The van der Waals surface area contributed by atoms with Crippen molar-refractivity contribution in [1.82, 2.24) is 0 Å². The summed E-state index contributed by atoms with van der Waals surface area (Å²) < 4.78 is 5.08. The van der Waals surface area contributed by atoms with E-state index in [-0.39, 0.29) is 12.5 Å². The van der Waals surface area contributed by atoms with Gasteiger partial charge >= 0.3 is 0 Å². The minimum absolute atomic E-state index is 0.0848. The largest absolute Gasteiger partial charge is 0.497 e. The number of carbonyl (C=O) groups excluding carboxylic acids is 1. The van der Waals surface area contributed by atoms with Gasteiger partial charge in [0.05, 0.1) is 13.7 Å². The van der Waals surface area contributed by atoms with Crippen molar-refractivity contribution in [2.24, 2.45) is 0 Å². The average Bonchev–Trinajstić information content (AvgIpc) is 2.49.